The zero-order chi connectivity index (χ0) is 15.5. The smallest absolute Gasteiger partial charge is 0.317 e. The standard InChI is InChI=1S/C16H22N4OS/c1-12(14-5-8-22-10-14)18-16(21)20-6-3-13(4-7-20)15-9-17-11-19(15)2/h5,8-13H,3-4,6-7H2,1-2H3,(H,18,21). The Morgan fingerprint density at radius 2 is 2.23 bits per heavy atom. The first-order chi connectivity index (χ1) is 10.6. The average molecular weight is 318 g/mol. The average Bonchev–Trinajstić information content (AvgIpc) is 3.18. The molecule has 1 aliphatic rings. The Labute approximate surface area is 135 Å². The van der Waals surface area contributed by atoms with Crippen molar-refractivity contribution in [1.82, 2.24) is 19.8 Å². The van der Waals surface area contributed by atoms with Crippen LogP contribution < -0.4 is 5.32 Å². The summed E-state index contributed by atoms with van der Waals surface area (Å²) >= 11 is 1.66. The van der Waals surface area contributed by atoms with Gasteiger partial charge in [0.2, 0.25) is 0 Å². The maximum Gasteiger partial charge on any atom is 0.317 e. The van der Waals surface area contributed by atoms with Crippen molar-refractivity contribution < 1.29 is 4.79 Å². The molecular formula is C16H22N4OS. The van der Waals surface area contributed by atoms with Crippen LogP contribution in [-0.2, 0) is 7.05 Å². The molecule has 1 unspecified atom stereocenters. The third-order valence-electron chi connectivity index (χ3n) is 4.44. The summed E-state index contributed by atoms with van der Waals surface area (Å²) in [5, 5.41) is 7.21. The summed E-state index contributed by atoms with van der Waals surface area (Å²) in [6.45, 7) is 3.64. The number of amides is 2. The number of aryl methyl sites for hydroxylation is 1. The molecule has 1 saturated heterocycles. The van der Waals surface area contributed by atoms with Gasteiger partial charge in [0, 0.05) is 37.9 Å². The van der Waals surface area contributed by atoms with Gasteiger partial charge in [0.25, 0.3) is 0 Å². The van der Waals surface area contributed by atoms with Crippen molar-refractivity contribution in [2.45, 2.75) is 31.7 Å². The highest BCUT2D eigenvalue weighted by Crippen LogP contribution is 2.27. The second kappa shape index (κ2) is 6.52. The van der Waals surface area contributed by atoms with Crippen LogP contribution in [0.1, 0.15) is 43.0 Å². The summed E-state index contributed by atoms with van der Waals surface area (Å²) in [6.07, 6.45) is 5.79. The zero-order valence-corrected chi connectivity index (χ0v) is 13.8. The van der Waals surface area contributed by atoms with Gasteiger partial charge in [-0.25, -0.2) is 9.78 Å². The molecule has 2 aromatic heterocycles. The van der Waals surface area contributed by atoms with E-state index < -0.39 is 0 Å². The third kappa shape index (κ3) is 3.16. The van der Waals surface area contributed by atoms with Crippen molar-refractivity contribution in [2.75, 3.05) is 13.1 Å². The molecule has 0 spiro atoms. The molecule has 1 aliphatic heterocycles. The second-order valence-electron chi connectivity index (χ2n) is 5.92. The highest BCUT2D eigenvalue weighted by Gasteiger charge is 2.26. The number of carbonyl (C=O) groups excluding carboxylic acids is 1. The molecule has 0 bridgehead atoms. The van der Waals surface area contributed by atoms with Gasteiger partial charge >= 0.3 is 6.03 Å². The summed E-state index contributed by atoms with van der Waals surface area (Å²) in [6, 6.07) is 2.17. The topological polar surface area (TPSA) is 50.2 Å². The van der Waals surface area contributed by atoms with Gasteiger partial charge in [-0.2, -0.15) is 11.3 Å². The Kier molecular flexibility index (Phi) is 4.47. The molecule has 2 aromatic rings. The van der Waals surface area contributed by atoms with E-state index in [1.165, 1.54) is 11.3 Å². The molecule has 3 heterocycles. The number of imidazole rings is 1. The van der Waals surface area contributed by atoms with Gasteiger partial charge in [0.1, 0.15) is 0 Å². The molecule has 118 valence electrons. The van der Waals surface area contributed by atoms with E-state index in [4.69, 9.17) is 0 Å². The maximum absolute atomic E-state index is 12.4. The first-order valence-electron chi connectivity index (χ1n) is 7.69. The van der Waals surface area contributed by atoms with E-state index in [9.17, 15) is 4.79 Å². The summed E-state index contributed by atoms with van der Waals surface area (Å²) in [5.41, 5.74) is 2.44. The van der Waals surface area contributed by atoms with E-state index in [2.05, 4.69) is 26.3 Å². The first-order valence-corrected chi connectivity index (χ1v) is 8.63. The number of nitrogens with one attached hydrogen (secondary N) is 1. The summed E-state index contributed by atoms with van der Waals surface area (Å²) < 4.78 is 2.08. The van der Waals surface area contributed by atoms with Crippen molar-refractivity contribution >= 4 is 17.4 Å². The number of piperidine rings is 1. The van der Waals surface area contributed by atoms with Crippen molar-refractivity contribution in [3.63, 3.8) is 0 Å². The number of thiophene rings is 1. The molecule has 1 N–H and O–H groups in total. The minimum atomic E-state index is 0.0437. The Morgan fingerprint density at radius 1 is 1.45 bits per heavy atom. The normalized spacial score (nSPS) is 17.5. The van der Waals surface area contributed by atoms with Gasteiger partial charge < -0.3 is 14.8 Å². The van der Waals surface area contributed by atoms with E-state index in [1.54, 1.807) is 11.3 Å². The molecule has 1 atom stereocenters. The van der Waals surface area contributed by atoms with E-state index in [0.29, 0.717) is 5.92 Å². The number of carbonyl (C=O) groups is 1. The Bertz CT molecular complexity index is 614. The molecule has 0 radical (unpaired) electrons. The summed E-state index contributed by atoms with van der Waals surface area (Å²) in [4.78, 5) is 18.5. The van der Waals surface area contributed by atoms with Crippen LogP contribution in [0.25, 0.3) is 0 Å². The molecule has 2 amide bonds. The maximum atomic E-state index is 12.4. The molecule has 5 nitrogen and oxygen atoms in total. The van der Waals surface area contributed by atoms with Gasteiger partial charge in [-0.3, -0.25) is 0 Å². The number of aromatic nitrogens is 2. The fourth-order valence-corrected chi connectivity index (χ4v) is 3.77. The van der Waals surface area contributed by atoms with Crippen molar-refractivity contribution in [3.8, 4) is 0 Å². The van der Waals surface area contributed by atoms with Crippen LogP contribution >= 0.6 is 11.3 Å². The van der Waals surface area contributed by atoms with Crippen molar-refractivity contribution in [1.29, 1.82) is 0 Å². The highest BCUT2D eigenvalue weighted by molar-refractivity contribution is 7.07. The molecule has 6 heteroatoms. The summed E-state index contributed by atoms with van der Waals surface area (Å²) in [5.74, 6) is 0.505. The minimum absolute atomic E-state index is 0.0437. The quantitative estimate of drug-likeness (QED) is 0.945. The molecule has 1 fully saturated rings. The van der Waals surface area contributed by atoms with Crippen molar-refractivity contribution in [2.24, 2.45) is 7.05 Å². The molecule has 22 heavy (non-hydrogen) atoms. The molecular weight excluding hydrogens is 296 g/mol. The van der Waals surface area contributed by atoms with E-state index in [1.807, 2.05) is 36.8 Å². The van der Waals surface area contributed by atoms with Crippen LogP contribution in [0.2, 0.25) is 0 Å². The van der Waals surface area contributed by atoms with Gasteiger partial charge in [-0.05, 0) is 42.2 Å². The van der Waals surface area contributed by atoms with Gasteiger partial charge in [0.15, 0.2) is 0 Å². The second-order valence-corrected chi connectivity index (χ2v) is 6.70. The highest BCUT2D eigenvalue weighted by atomic mass is 32.1. The van der Waals surface area contributed by atoms with Gasteiger partial charge in [-0.1, -0.05) is 0 Å². The minimum Gasteiger partial charge on any atom is -0.337 e. The van der Waals surface area contributed by atoms with Crippen LogP contribution in [0, 0.1) is 0 Å². The predicted octanol–water partition coefficient (Wildman–Crippen LogP) is 3.13. The summed E-state index contributed by atoms with van der Waals surface area (Å²) in [7, 11) is 2.03. The Balaban J connectivity index is 1.53. The number of hydrogen-bond acceptors (Lipinski definition) is 3. The molecule has 3 rings (SSSR count). The number of rotatable bonds is 3. The lowest BCUT2D eigenvalue weighted by Crippen LogP contribution is -2.44. The number of nitrogens with zero attached hydrogens (tertiary/aromatic N) is 3. The SMILES string of the molecule is CC(NC(=O)N1CCC(c2cncn2C)CC1)c1ccsc1. The predicted molar refractivity (Wildman–Crippen MR) is 88.0 cm³/mol. The van der Waals surface area contributed by atoms with Crippen LogP contribution in [0.15, 0.2) is 29.4 Å². The van der Waals surface area contributed by atoms with E-state index in [-0.39, 0.29) is 12.1 Å². The van der Waals surface area contributed by atoms with Crippen LogP contribution in [-0.4, -0.2) is 33.6 Å². The molecule has 0 aromatic carbocycles. The first kappa shape index (κ1) is 15.1. The van der Waals surface area contributed by atoms with Gasteiger partial charge in [-0.15, -0.1) is 0 Å². The monoisotopic (exact) mass is 318 g/mol. The lowest BCUT2D eigenvalue weighted by atomic mass is 9.94. The van der Waals surface area contributed by atoms with E-state index in [0.717, 1.165) is 25.9 Å². The van der Waals surface area contributed by atoms with Crippen LogP contribution in [0.4, 0.5) is 4.79 Å². The largest absolute Gasteiger partial charge is 0.337 e. The van der Waals surface area contributed by atoms with Crippen molar-refractivity contribution in [3.05, 3.63) is 40.6 Å². The number of likely N-dealkylation sites (tertiary alicyclic amines) is 1. The fourth-order valence-electron chi connectivity index (χ4n) is 3.02. The number of urea groups is 1. The lowest BCUT2D eigenvalue weighted by molar-refractivity contribution is 0.177. The fraction of sp³-hybridized carbons (Fsp3) is 0.500. The van der Waals surface area contributed by atoms with Crippen LogP contribution in [0.3, 0.4) is 0 Å². The van der Waals surface area contributed by atoms with E-state index >= 15 is 0 Å². The molecule has 0 saturated carbocycles. The molecule has 0 aliphatic carbocycles. The number of hydrogen-bond donors (Lipinski definition) is 1. The Hall–Kier alpha value is -1.82. The third-order valence-corrected chi connectivity index (χ3v) is 5.14. The van der Waals surface area contributed by atoms with Gasteiger partial charge in [0.05, 0.1) is 12.4 Å². The lowest BCUT2D eigenvalue weighted by Gasteiger charge is -2.32. The Morgan fingerprint density at radius 3 is 2.82 bits per heavy atom. The zero-order valence-electron chi connectivity index (χ0n) is 13.0. The van der Waals surface area contributed by atoms with Crippen LogP contribution in [0.5, 0.6) is 0 Å².